The van der Waals surface area contributed by atoms with Gasteiger partial charge in [0, 0.05) is 35.7 Å². The Balaban J connectivity index is 1.86. The summed E-state index contributed by atoms with van der Waals surface area (Å²) in [4.78, 5) is 29.6. The average molecular weight is 385 g/mol. The first-order valence-corrected chi connectivity index (χ1v) is 9.43. The van der Waals surface area contributed by atoms with Gasteiger partial charge in [-0.05, 0) is 42.8 Å². The number of thioether (sulfide) groups is 1. The molecule has 2 aromatic rings. The zero-order valence-corrected chi connectivity index (χ0v) is 15.6. The maximum Gasteiger partial charge on any atom is 0.269 e. The summed E-state index contributed by atoms with van der Waals surface area (Å²) in [6.07, 6.45) is 0.995. The van der Waals surface area contributed by atoms with Gasteiger partial charge in [0.25, 0.3) is 5.69 Å². The second-order valence-electron chi connectivity index (χ2n) is 5.88. The molecule has 27 heavy (non-hydrogen) atoms. The molecular formula is C19H19N3O4S. The second kappa shape index (κ2) is 8.68. The molecule has 140 valence electrons. The minimum absolute atomic E-state index is 0.0124. The number of ether oxygens (including phenoxy) is 1. The van der Waals surface area contributed by atoms with Crippen LogP contribution in [0.3, 0.4) is 0 Å². The number of anilines is 1. The van der Waals surface area contributed by atoms with Crippen molar-refractivity contribution in [2.45, 2.75) is 6.42 Å². The van der Waals surface area contributed by atoms with Gasteiger partial charge in [-0.15, -0.1) is 0 Å². The van der Waals surface area contributed by atoms with E-state index in [-0.39, 0.29) is 18.0 Å². The van der Waals surface area contributed by atoms with Crippen molar-refractivity contribution in [3.63, 3.8) is 0 Å². The molecule has 1 heterocycles. The van der Waals surface area contributed by atoms with E-state index in [1.54, 1.807) is 55.3 Å². The molecule has 0 saturated carbocycles. The largest absolute Gasteiger partial charge is 0.497 e. The lowest BCUT2D eigenvalue weighted by atomic mass is 10.1. The van der Waals surface area contributed by atoms with Crippen LogP contribution in [0.4, 0.5) is 11.4 Å². The highest BCUT2D eigenvalue weighted by Gasteiger charge is 2.21. The van der Waals surface area contributed by atoms with Gasteiger partial charge >= 0.3 is 0 Å². The van der Waals surface area contributed by atoms with Crippen LogP contribution in [0.1, 0.15) is 16.8 Å². The minimum Gasteiger partial charge on any atom is -0.497 e. The molecule has 0 bridgehead atoms. The third kappa shape index (κ3) is 4.65. The fourth-order valence-electron chi connectivity index (χ4n) is 2.65. The van der Waals surface area contributed by atoms with Gasteiger partial charge < -0.3 is 9.64 Å². The molecule has 3 rings (SSSR count). The first kappa shape index (κ1) is 18.9. The summed E-state index contributed by atoms with van der Waals surface area (Å²) in [5.74, 6) is 1.55. The molecule has 1 aliphatic rings. The Morgan fingerprint density at radius 3 is 2.48 bits per heavy atom. The van der Waals surface area contributed by atoms with Crippen molar-refractivity contribution in [1.82, 2.24) is 0 Å². The fraction of sp³-hybridized carbons (Fsp3) is 0.263. The van der Waals surface area contributed by atoms with E-state index in [0.29, 0.717) is 23.5 Å². The Hall–Kier alpha value is -2.87. The van der Waals surface area contributed by atoms with Crippen molar-refractivity contribution in [2.75, 3.05) is 30.9 Å². The van der Waals surface area contributed by atoms with E-state index in [2.05, 4.69) is 4.99 Å². The summed E-state index contributed by atoms with van der Waals surface area (Å²) in [7, 11) is 1.57. The van der Waals surface area contributed by atoms with Crippen molar-refractivity contribution < 1.29 is 14.5 Å². The van der Waals surface area contributed by atoms with Gasteiger partial charge in [0.15, 0.2) is 11.0 Å². The van der Waals surface area contributed by atoms with Gasteiger partial charge in [-0.2, -0.15) is 0 Å². The Morgan fingerprint density at radius 2 is 1.93 bits per heavy atom. The summed E-state index contributed by atoms with van der Waals surface area (Å²) in [6.45, 7) is 0.818. The molecule has 2 aromatic carbocycles. The van der Waals surface area contributed by atoms with Crippen LogP contribution in [0.15, 0.2) is 53.5 Å². The Labute approximate surface area is 161 Å². The van der Waals surface area contributed by atoms with Crippen LogP contribution < -0.4 is 9.64 Å². The van der Waals surface area contributed by atoms with E-state index >= 15 is 0 Å². The molecule has 1 aliphatic heterocycles. The van der Waals surface area contributed by atoms with Crippen molar-refractivity contribution in [2.24, 2.45) is 4.99 Å². The van der Waals surface area contributed by atoms with Crippen molar-refractivity contribution >= 4 is 34.1 Å². The Morgan fingerprint density at radius 1 is 1.22 bits per heavy atom. The summed E-state index contributed by atoms with van der Waals surface area (Å²) in [5.41, 5.74) is 1.29. The monoisotopic (exact) mass is 385 g/mol. The van der Waals surface area contributed by atoms with E-state index in [0.717, 1.165) is 17.3 Å². The smallest absolute Gasteiger partial charge is 0.269 e. The summed E-state index contributed by atoms with van der Waals surface area (Å²) in [5, 5.41) is 11.7. The van der Waals surface area contributed by atoms with Crippen molar-refractivity contribution in [3.05, 3.63) is 64.2 Å². The number of amidine groups is 1. The highest BCUT2D eigenvalue weighted by molar-refractivity contribution is 8.14. The number of methoxy groups -OCH3 is 1. The van der Waals surface area contributed by atoms with Gasteiger partial charge in [0.1, 0.15) is 5.75 Å². The van der Waals surface area contributed by atoms with Crippen LogP contribution in [-0.2, 0) is 0 Å². The maximum atomic E-state index is 12.8. The van der Waals surface area contributed by atoms with E-state index < -0.39 is 4.92 Å². The zero-order chi connectivity index (χ0) is 19.2. The third-order valence-corrected chi connectivity index (χ3v) is 5.20. The summed E-state index contributed by atoms with van der Waals surface area (Å²) in [6, 6.07) is 13.1. The van der Waals surface area contributed by atoms with Gasteiger partial charge in [-0.1, -0.05) is 11.8 Å². The number of ketones is 1. The lowest BCUT2D eigenvalue weighted by Gasteiger charge is -2.27. The molecule has 0 spiro atoms. The molecule has 0 amide bonds. The SMILES string of the molecule is COc1ccc(C(=O)CN(C2=NCCCS2)c2ccc([N+](=O)[O-])cc2)cc1. The molecule has 0 saturated heterocycles. The van der Waals surface area contributed by atoms with Crippen LogP contribution in [0, 0.1) is 10.1 Å². The van der Waals surface area contributed by atoms with Crippen LogP contribution >= 0.6 is 11.8 Å². The van der Waals surface area contributed by atoms with Gasteiger partial charge in [-0.3, -0.25) is 19.9 Å². The van der Waals surface area contributed by atoms with Crippen molar-refractivity contribution in [3.8, 4) is 5.75 Å². The Bertz CT molecular complexity index is 850. The van der Waals surface area contributed by atoms with Gasteiger partial charge in [-0.25, -0.2) is 0 Å². The highest BCUT2D eigenvalue weighted by Crippen LogP contribution is 2.25. The normalized spacial score (nSPS) is 13.6. The quantitative estimate of drug-likeness (QED) is 0.427. The third-order valence-electron chi connectivity index (χ3n) is 4.10. The highest BCUT2D eigenvalue weighted by atomic mass is 32.2. The molecule has 7 nitrogen and oxygen atoms in total. The average Bonchev–Trinajstić information content (AvgIpc) is 2.72. The number of carbonyl (C=O) groups is 1. The molecule has 0 N–H and O–H groups in total. The van der Waals surface area contributed by atoms with Crippen LogP contribution in [-0.4, -0.2) is 41.8 Å². The number of hydrogen-bond donors (Lipinski definition) is 0. The van der Waals surface area contributed by atoms with Crippen LogP contribution in [0.25, 0.3) is 0 Å². The minimum atomic E-state index is -0.441. The van der Waals surface area contributed by atoms with E-state index in [1.165, 1.54) is 12.1 Å². The molecule has 0 fully saturated rings. The summed E-state index contributed by atoms with van der Waals surface area (Å²) < 4.78 is 5.13. The van der Waals surface area contributed by atoms with E-state index in [1.807, 2.05) is 4.90 Å². The van der Waals surface area contributed by atoms with Crippen molar-refractivity contribution in [1.29, 1.82) is 0 Å². The topological polar surface area (TPSA) is 85.0 Å². The first-order chi connectivity index (χ1) is 13.1. The number of rotatable bonds is 6. The number of aliphatic imine (C=N–C) groups is 1. The predicted molar refractivity (Wildman–Crippen MR) is 107 cm³/mol. The Kier molecular flexibility index (Phi) is 6.08. The number of hydrogen-bond acceptors (Lipinski definition) is 7. The number of nitro groups is 1. The predicted octanol–water partition coefficient (Wildman–Crippen LogP) is 3.79. The second-order valence-corrected chi connectivity index (χ2v) is 6.94. The number of nitrogens with zero attached hydrogens (tertiary/aromatic N) is 3. The molecule has 0 radical (unpaired) electrons. The number of benzene rings is 2. The zero-order valence-electron chi connectivity index (χ0n) is 14.8. The summed E-state index contributed by atoms with van der Waals surface area (Å²) >= 11 is 1.59. The molecular weight excluding hydrogens is 366 g/mol. The molecule has 8 heteroatoms. The maximum absolute atomic E-state index is 12.8. The first-order valence-electron chi connectivity index (χ1n) is 8.45. The number of nitro benzene ring substituents is 1. The van der Waals surface area contributed by atoms with Crippen LogP contribution in [0.5, 0.6) is 5.75 Å². The molecule has 0 unspecified atom stereocenters. The lowest BCUT2D eigenvalue weighted by molar-refractivity contribution is -0.384. The lowest BCUT2D eigenvalue weighted by Crippen LogP contribution is -2.35. The number of Topliss-reactive ketones (excluding diaryl/α,β-unsaturated/α-hetero) is 1. The fourth-order valence-corrected chi connectivity index (χ4v) is 3.61. The molecule has 0 aromatic heterocycles. The van der Waals surface area contributed by atoms with Gasteiger partial charge in [0.2, 0.25) is 0 Å². The van der Waals surface area contributed by atoms with Crippen LogP contribution in [0.2, 0.25) is 0 Å². The molecule has 0 aliphatic carbocycles. The standard InChI is InChI=1S/C19H19N3O4S/c1-26-17-9-3-14(4-10-17)18(23)13-21(19-20-11-2-12-27-19)15-5-7-16(8-6-15)22(24)25/h3-10H,2,11-13H2,1H3. The van der Waals surface area contributed by atoms with E-state index in [9.17, 15) is 14.9 Å². The van der Waals surface area contributed by atoms with Gasteiger partial charge in [0.05, 0.1) is 18.6 Å². The number of carbonyl (C=O) groups excluding carboxylic acids is 1. The molecule has 0 atom stereocenters. The van der Waals surface area contributed by atoms with E-state index in [4.69, 9.17) is 4.74 Å². The number of non-ortho nitro benzene ring substituents is 1.